The average Bonchev–Trinajstić information content (AvgIpc) is 2.53. The van der Waals surface area contributed by atoms with E-state index in [9.17, 15) is 4.79 Å². The average molecular weight is 217 g/mol. The molecular formula is C13H15NO2. The first-order chi connectivity index (χ1) is 7.54. The maximum Gasteiger partial charge on any atom is 0.335 e. The maximum absolute atomic E-state index is 11.0. The molecule has 0 aliphatic rings. The highest BCUT2D eigenvalue weighted by atomic mass is 16.4. The van der Waals surface area contributed by atoms with Crippen LogP contribution in [0.25, 0.3) is 10.9 Å². The van der Waals surface area contributed by atoms with Crippen molar-refractivity contribution in [1.82, 2.24) is 4.57 Å². The zero-order chi connectivity index (χ0) is 11.9. The van der Waals surface area contributed by atoms with Crippen LogP contribution in [0.5, 0.6) is 0 Å². The van der Waals surface area contributed by atoms with Gasteiger partial charge in [0.05, 0.1) is 5.56 Å². The molecule has 0 fully saturated rings. The van der Waals surface area contributed by atoms with Crippen molar-refractivity contribution in [3.8, 4) is 0 Å². The van der Waals surface area contributed by atoms with E-state index in [1.54, 1.807) is 6.07 Å². The molecule has 16 heavy (non-hydrogen) atoms. The minimum atomic E-state index is -0.858. The number of nitrogens with zero attached hydrogens (tertiary/aromatic N) is 1. The molecule has 1 heterocycles. The Kier molecular flexibility index (Phi) is 2.46. The van der Waals surface area contributed by atoms with E-state index in [-0.39, 0.29) is 0 Å². The van der Waals surface area contributed by atoms with Gasteiger partial charge in [-0.1, -0.05) is 0 Å². The summed E-state index contributed by atoms with van der Waals surface area (Å²) >= 11 is 0. The van der Waals surface area contributed by atoms with E-state index >= 15 is 0 Å². The van der Waals surface area contributed by atoms with Gasteiger partial charge in [-0.15, -0.1) is 0 Å². The molecule has 0 unspecified atom stereocenters. The number of hydrogen-bond acceptors (Lipinski definition) is 1. The Morgan fingerprint density at radius 3 is 2.56 bits per heavy atom. The largest absolute Gasteiger partial charge is 0.478 e. The smallest absolute Gasteiger partial charge is 0.335 e. The molecule has 0 saturated heterocycles. The third-order valence-corrected chi connectivity index (χ3v) is 3.00. The number of aromatic carboxylic acids is 1. The number of carboxylic acids is 1. The number of fused-ring (bicyclic) bond motifs is 1. The van der Waals surface area contributed by atoms with Gasteiger partial charge in [0.1, 0.15) is 0 Å². The summed E-state index contributed by atoms with van der Waals surface area (Å²) in [6.07, 6.45) is 2.07. The van der Waals surface area contributed by atoms with E-state index in [0.717, 1.165) is 28.6 Å². The fourth-order valence-corrected chi connectivity index (χ4v) is 2.11. The van der Waals surface area contributed by atoms with Gasteiger partial charge < -0.3 is 9.67 Å². The van der Waals surface area contributed by atoms with Gasteiger partial charge in [0, 0.05) is 23.6 Å². The number of carbonyl (C=O) groups is 1. The molecule has 0 atom stereocenters. The molecule has 2 rings (SSSR count). The summed E-state index contributed by atoms with van der Waals surface area (Å²) in [5.74, 6) is -0.858. The summed E-state index contributed by atoms with van der Waals surface area (Å²) in [5, 5.41) is 10.1. The highest BCUT2D eigenvalue weighted by molar-refractivity contribution is 5.96. The van der Waals surface area contributed by atoms with Gasteiger partial charge >= 0.3 is 5.97 Å². The first-order valence-electron chi connectivity index (χ1n) is 5.38. The zero-order valence-electron chi connectivity index (χ0n) is 9.74. The summed E-state index contributed by atoms with van der Waals surface area (Å²) in [5.41, 5.74) is 3.44. The van der Waals surface area contributed by atoms with Crippen LogP contribution in [0.1, 0.15) is 28.4 Å². The predicted octanol–water partition coefficient (Wildman–Crippen LogP) is 2.98. The van der Waals surface area contributed by atoms with Crippen LogP contribution >= 0.6 is 0 Å². The number of rotatable bonds is 2. The van der Waals surface area contributed by atoms with E-state index in [1.165, 1.54) is 0 Å². The topological polar surface area (TPSA) is 42.2 Å². The van der Waals surface area contributed by atoms with Crippen LogP contribution in [0.3, 0.4) is 0 Å². The molecule has 1 aromatic heterocycles. The minimum absolute atomic E-state index is 0.393. The Hall–Kier alpha value is -1.77. The second-order valence-electron chi connectivity index (χ2n) is 4.09. The Morgan fingerprint density at radius 1 is 1.31 bits per heavy atom. The molecule has 0 bridgehead atoms. The van der Waals surface area contributed by atoms with Gasteiger partial charge in [0.2, 0.25) is 0 Å². The van der Waals surface area contributed by atoms with Gasteiger partial charge in [0.25, 0.3) is 0 Å². The number of benzene rings is 1. The monoisotopic (exact) mass is 217 g/mol. The van der Waals surface area contributed by atoms with E-state index in [1.807, 2.05) is 19.9 Å². The van der Waals surface area contributed by atoms with Crippen molar-refractivity contribution in [2.24, 2.45) is 0 Å². The van der Waals surface area contributed by atoms with Crippen molar-refractivity contribution >= 4 is 16.9 Å². The number of carboxylic acid groups (broad SMARTS) is 1. The molecule has 1 N–H and O–H groups in total. The van der Waals surface area contributed by atoms with E-state index in [4.69, 9.17) is 5.11 Å². The van der Waals surface area contributed by atoms with Crippen molar-refractivity contribution in [2.45, 2.75) is 27.3 Å². The molecule has 0 amide bonds. The highest BCUT2D eigenvalue weighted by Gasteiger charge is 2.12. The van der Waals surface area contributed by atoms with Crippen molar-refractivity contribution in [3.63, 3.8) is 0 Å². The van der Waals surface area contributed by atoms with E-state index in [0.29, 0.717) is 5.56 Å². The van der Waals surface area contributed by atoms with Crippen LogP contribution in [-0.2, 0) is 6.54 Å². The van der Waals surface area contributed by atoms with Crippen LogP contribution in [0.15, 0.2) is 18.3 Å². The standard InChI is InChI=1S/C13H15NO2/c1-4-14-7-9(3)10-6-11(13(15)16)8(2)5-12(10)14/h5-7H,4H2,1-3H3,(H,15,16). The Labute approximate surface area is 94.3 Å². The molecule has 0 radical (unpaired) electrons. The third kappa shape index (κ3) is 1.48. The molecule has 0 aliphatic heterocycles. The van der Waals surface area contributed by atoms with Crippen LogP contribution in [-0.4, -0.2) is 15.6 Å². The van der Waals surface area contributed by atoms with Crippen LogP contribution in [0.4, 0.5) is 0 Å². The Bertz CT molecular complexity index is 567. The predicted molar refractivity (Wildman–Crippen MR) is 64.0 cm³/mol. The lowest BCUT2D eigenvalue weighted by Gasteiger charge is -2.04. The zero-order valence-corrected chi connectivity index (χ0v) is 9.74. The fourth-order valence-electron chi connectivity index (χ4n) is 2.11. The summed E-state index contributed by atoms with van der Waals surface area (Å²) in [6, 6.07) is 3.73. The lowest BCUT2D eigenvalue weighted by molar-refractivity contribution is 0.0696. The summed E-state index contributed by atoms with van der Waals surface area (Å²) < 4.78 is 2.14. The number of aryl methyl sites for hydroxylation is 3. The molecule has 0 aliphatic carbocycles. The van der Waals surface area contributed by atoms with Crippen LogP contribution < -0.4 is 0 Å². The molecular weight excluding hydrogens is 202 g/mol. The van der Waals surface area contributed by atoms with Crippen molar-refractivity contribution in [2.75, 3.05) is 0 Å². The summed E-state index contributed by atoms with van der Waals surface area (Å²) in [6.45, 7) is 6.83. The van der Waals surface area contributed by atoms with Crippen molar-refractivity contribution in [3.05, 3.63) is 35.0 Å². The fraction of sp³-hybridized carbons (Fsp3) is 0.308. The Morgan fingerprint density at radius 2 is 2.00 bits per heavy atom. The van der Waals surface area contributed by atoms with Crippen LogP contribution in [0, 0.1) is 13.8 Å². The lowest BCUT2D eigenvalue weighted by atomic mass is 10.0. The van der Waals surface area contributed by atoms with Crippen LogP contribution in [0.2, 0.25) is 0 Å². The SMILES string of the molecule is CCn1cc(C)c2cc(C(=O)O)c(C)cc21. The van der Waals surface area contributed by atoms with Crippen molar-refractivity contribution < 1.29 is 9.90 Å². The van der Waals surface area contributed by atoms with Gasteiger partial charge in [-0.3, -0.25) is 0 Å². The molecule has 3 heteroatoms. The van der Waals surface area contributed by atoms with Gasteiger partial charge in [-0.25, -0.2) is 4.79 Å². The second-order valence-corrected chi connectivity index (χ2v) is 4.09. The first-order valence-corrected chi connectivity index (χ1v) is 5.38. The molecule has 2 aromatic rings. The summed E-state index contributed by atoms with van der Waals surface area (Å²) in [4.78, 5) is 11.0. The second kappa shape index (κ2) is 3.67. The maximum atomic E-state index is 11.0. The number of hydrogen-bond donors (Lipinski definition) is 1. The molecule has 0 saturated carbocycles. The first kappa shape index (κ1) is 10.7. The van der Waals surface area contributed by atoms with Gasteiger partial charge in [0.15, 0.2) is 0 Å². The summed E-state index contributed by atoms with van der Waals surface area (Å²) in [7, 11) is 0. The molecule has 3 nitrogen and oxygen atoms in total. The normalized spacial score (nSPS) is 10.9. The van der Waals surface area contributed by atoms with Gasteiger partial charge in [-0.2, -0.15) is 0 Å². The van der Waals surface area contributed by atoms with E-state index < -0.39 is 5.97 Å². The lowest BCUT2D eigenvalue weighted by Crippen LogP contribution is -2.00. The Balaban J connectivity index is 2.80. The highest BCUT2D eigenvalue weighted by Crippen LogP contribution is 2.24. The van der Waals surface area contributed by atoms with Gasteiger partial charge in [-0.05, 0) is 44.0 Å². The number of aromatic nitrogens is 1. The van der Waals surface area contributed by atoms with Crippen molar-refractivity contribution in [1.29, 1.82) is 0 Å². The minimum Gasteiger partial charge on any atom is -0.478 e. The molecule has 0 spiro atoms. The quantitative estimate of drug-likeness (QED) is 0.840. The molecule has 84 valence electrons. The third-order valence-electron chi connectivity index (χ3n) is 3.00. The molecule has 1 aromatic carbocycles. The van der Waals surface area contributed by atoms with E-state index in [2.05, 4.69) is 17.7 Å².